The molecule has 24 heavy (non-hydrogen) atoms. The van der Waals surface area contributed by atoms with Crippen molar-refractivity contribution in [2.45, 2.75) is 13.0 Å². The van der Waals surface area contributed by atoms with Crippen molar-refractivity contribution in [1.82, 2.24) is 15.0 Å². The zero-order valence-corrected chi connectivity index (χ0v) is 14.2. The van der Waals surface area contributed by atoms with Crippen molar-refractivity contribution in [3.8, 4) is 0 Å². The van der Waals surface area contributed by atoms with Gasteiger partial charge in [0.25, 0.3) is 0 Å². The van der Waals surface area contributed by atoms with Gasteiger partial charge in [0.2, 0.25) is 15.9 Å². The predicted molar refractivity (Wildman–Crippen MR) is 90.5 cm³/mol. The second kappa shape index (κ2) is 6.11. The van der Waals surface area contributed by atoms with Crippen molar-refractivity contribution < 1.29 is 13.2 Å². The molecule has 0 unspecified atom stereocenters. The lowest BCUT2D eigenvalue weighted by molar-refractivity contribution is -0.116. The van der Waals surface area contributed by atoms with Crippen molar-refractivity contribution in [2.75, 3.05) is 34.8 Å². The minimum absolute atomic E-state index is 0.0601. The fourth-order valence-electron chi connectivity index (χ4n) is 2.60. The normalized spacial score (nSPS) is 13.7. The third kappa shape index (κ3) is 3.82. The van der Waals surface area contributed by atoms with E-state index >= 15 is 0 Å². The number of aromatic nitrogens is 3. The first-order valence-corrected chi connectivity index (χ1v) is 9.21. The van der Waals surface area contributed by atoms with Gasteiger partial charge in [0.1, 0.15) is 6.54 Å². The van der Waals surface area contributed by atoms with E-state index in [1.165, 1.54) is 22.1 Å². The fourth-order valence-corrected chi connectivity index (χ4v) is 3.08. The van der Waals surface area contributed by atoms with Crippen LogP contribution in [-0.4, -0.2) is 49.2 Å². The number of rotatable bonds is 5. The van der Waals surface area contributed by atoms with E-state index < -0.39 is 10.0 Å². The minimum atomic E-state index is -3.42. The van der Waals surface area contributed by atoms with E-state index in [1.807, 2.05) is 25.2 Å². The lowest BCUT2D eigenvalue weighted by atomic mass is 10.1. The van der Waals surface area contributed by atoms with Crippen molar-refractivity contribution in [2.24, 2.45) is 0 Å². The third-order valence-corrected chi connectivity index (χ3v) is 4.21. The van der Waals surface area contributed by atoms with Crippen molar-refractivity contribution >= 4 is 33.1 Å². The van der Waals surface area contributed by atoms with Crippen LogP contribution in [0.5, 0.6) is 0 Å². The molecule has 0 saturated carbocycles. The largest absolute Gasteiger partial charge is 0.374 e. The Bertz CT molecular complexity index is 876. The number of carbonyl (C=O) groups excluding carboxylic acids is 1. The number of benzene rings is 1. The monoisotopic (exact) mass is 350 g/mol. The van der Waals surface area contributed by atoms with Crippen LogP contribution in [0.15, 0.2) is 24.4 Å². The van der Waals surface area contributed by atoms with Crippen molar-refractivity contribution in [3.63, 3.8) is 0 Å². The van der Waals surface area contributed by atoms with Crippen LogP contribution in [0.25, 0.3) is 0 Å². The van der Waals surface area contributed by atoms with Gasteiger partial charge in [0.05, 0.1) is 12.5 Å². The standard InChI is InChI=1S/C14H18N6O3S/c1-19-6-5-10-7-11(3-4-12(10)19)15-14(21)9-20-8-13(16-18-20)17-24(2,22)23/h3-4,7-8,17H,5-6,9H2,1-2H3,(H,15,21). The zero-order valence-electron chi connectivity index (χ0n) is 13.4. The summed E-state index contributed by atoms with van der Waals surface area (Å²) in [6.45, 7) is 0.914. The Kier molecular flexibility index (Phi) is 4.14. The highest BCUT2D eigenvalue weighted by atomic mass is 32.2. The Balaban J connectivity index is 1.62. The SMILES string of the molecule is CN1CCc2cc(NC(=O)Cn3cc(NS(C)(=O)=O)nn3)ccc21. The van der Waals surface area contributed by atoms with Crippen LogP contribution in [0.1, 0.15) is 5.56 Å². The molecule has 1 aliphatic rings. The molecule has 0 radical (unpaired) electrons. The molecule has 1 aliphatic heterocycles. The van der Waals surface area contributed by atoms with E-state index in [4.69, 9.17) is 0 Å². The van der Waals surface area contributed by atoms with E-state index in [0.717, 1.165) is 24.9 Å². The van der Waals surface area contributed by atoms with Gasteiger partial charge in [-0.15, -0.1) is 5.10 Å². The Morgan fingerprint density at radius 3 is 2.92 bits per heavy atom. The number of fused-ring (bicyclic) bond motifs is 1. The number of likely N-dealkylation sites (N-methyl/N-ethyl adjacent to an activating group) is 1. The highest BCUT2D eigenvalue weighted by Crippen LogP contribution is 2.29. The van der Waals surface area contributed by atoms with E-state index in [-0.39, 0.29) is 18.3 Å². The van der Waals surface area contributed by atoms with Gasteiger partial charge in [-0.3, -0.25) is 9.52 Å². The lowest BCUT2D eigenvalue weighted by Crippen LogP contribution is -2.19. The number of anilines is 3. The number of hydrogen-bond acceptors (Lipinski definition) is 6. The number of sulfonamides is 1. The molecule has 9 nitrogen and oxygen atoms in total. The Morgan fingerprint density at radius 2 is 2.17 bits per heavy atom. The molecular weight excluding hydrogens is 332 g/mol. The number of carbonyl (C=O) groups is 1. The maximum atomic E-state index is 12.1. The molecule has 1 amide bonds. The van der Waals surface area contributed by atoms with Gasteiger partial charge in [-0.2, -0.15) is 0 Å². The van der Waals surface area contributed by atoms with Crippen LogP contribution in [0.4, 0.5) is 17.2 Å². The lowest BCUT2D eigenvalue weighted by Gasteiger charge is -2.12. The van der Waals surface area contributed by atoms with Gasteiger partial charge >= 0.3 is 0 Å². The van der Waals surface area contributed by atoms with Gasteiger partial charge in [0.15, 0.2) is 5.82 Å². The molecule has 2 heterocycles. The molecule has 0 bridgehead atoms. The van der Waals surface area contributed by atoms with E-state index in [2.05, 4.69) is 25.3 Å². The van der Waals surface area contributed by atoms with Crippen molar-refractivity contribution in [1.29, 1.82) is 0 Å². The van der Waals surface area contributed by atoms with Gasteiger partial charge in [-0.25, -0.2) is 13.1 Å². The summed E-state index contributed by atoms with van der Waals surface area (Å²) in [6, 6.07) is 5.81. The average molecular weight is 350 g/mol. The highest BCUT2D eigenvalue weighted by molar-refractivity contribution is 7.92. The zero-order chi connectivity index (χ0) is 17.3. The van der Waals surface area contributed by atoms with Gasteiger partial charge in [0, 0.05) is 25.0 Å². The molecule has 0 saturated heterocycles. The summed E-state index contributed by atoms with van der Waals surface area (Å²) >= 11 is 0. The maximum absolute atomic E-state index is 12.1. The minimum Gasteiger partial charge on any atom is -0.374 e. The van der Waals surface area contributed by atoms with Crippen LogP contribution in [-0.2, 0) is 27.8 Å². The smallest absolute Gasteiger partial charge is 0.246 e. The summed E-state index contributed by atoms with van der Waals surface area (Å²) in [7, 11) is -1.38. The van der Waals surface area contributed by atoms with E-state index in [0.29, 0.717) is 0 Å². The summed E-state index contributed by atoms with van der Waals surface area (Å²) in [5, 5.41) is 10.2. The predicted octanol–water partition coefficient (Wildman–Crippen LogP) is 0.281. The Hall–Kier alpha value is -2.62. The number of amides is 1. The molecule has 128 valence electrons. The molecule has 2 N–H and O–H groups in total. The maximum Gasteiger partial charge on any atom is 0.246 e. The summed E-state index contributed by atoms with van der Waals surface area (Å²) < 4.78 is 25.7. The number of hydrogen-bond donors (Lipinski definition) is 2. The van der Waals surface area contributed by atoms with Crippen LogP contribution in [0.2, 0.25) is 0 Å². The van der Waals surface area contributed by atoms with Gasteiger partial charge in [-0.1, -0.05) is 5.21 Å². The molecule has 1 aromatic carbocycles. The average Bonchev–Trinajstić information content (AvgIpc) is 3.04. The second-order valence-electron chi connectivity index (χ2n) is 5.74. The molecular formula is C14H18N6O3S. The Labute approximate surface area is 139 Å². The molecule has 10 heteroatoms. The second-order valence-corrected chi connectivity index (χ2v) is 7.49. The molecule has 0 atom stereocenters. The van der Waals surface area contributed by atoms with Crippen LogP contribution < -0.4 is 14.9 Å². The number of nitrogens with zero attached hydrogens (tertiary/aromatic N) is 4. The summed E-state index contributed by atoms with van der Waals surface area (Å²) in [6.07, 6.45) is 3.33. The van der Waals surface area contributed by atoms with Crippen LogP contribution in [0, 0.1) is 0 Å². The first-order chi connectivity index (χ1) is 11.3. The molecule has 1 aromatic heterocycles. The fraction of sp³-hybridized carbons (Fsp3) is 0.357. The summed E-state index contributed by atoms with van der Waals surface area (Å²) in [4.78, 5) is 14.3. The quantitative estimate of drug-likeness (QED) is 0.802. The van der Waals surface area contributed by atoms with Crippen LogP contribution in [0.3, 0.4) is 0 Å². The molecule has 2 aromatic rings. The number of nitrogens with one attached hydrogen (secondary N) is 2. The first-order valence-electron chi connectivity index (χ1n) is 7.32. The van der Waals surface area contributed by atoms with Gasteiger partial charge in [-0.05, 0) is 30.2 Å². The molecule has 0 spiro atoms. The topological polar surface area (TPSA) is 109 Å². The molecule has 3 rings (SSSR count). The molecule has 0 fully saturated rings. The highest BCUT2D eigenvalue weighted by Gasteiger charge is 2.16. The van der Waals surface area contributed by atoms with E-state index in [9.17, 15) is 13.2 Å². The third-order valence-electron chi connectivity index (χ3n) is 3.63. The first kappa shape index (κ1) is 16.2. The summed E-state index contributed by atoms with van der Waals surface area (Å²) in [5.41, 5.74) is 3.11. The van der Waals surface area contributed by atoms with E-state index in [1.54, 1.807) is 0 Å². The van der Waals surface area contributed by atoms with Crippen LogP contribution >= 0.6 is 0 Å². The summed E-state index contributed by atoms with van der Waals surface area (Å²) in [5.74, 6) is -0.192. The van der Waals surface area contributed by atoms with Crippen molar-refractivity contribution in [3.05, 3.63) is 30.0 Å². The molecule has 0 aliphatic carbocycles. The Morgan fingerprint density at radius 1 is 1.38 bits per heavy atom. The van der Waals surface area contributed by atoms with Gasteiger partial charge < -0.3 is 10.2 Å².